The van der Waals surface area contributed by atoms with E-state index in [1.807, 2.05) is 6.92 Å². The van der Waals surface area contributed by atoms with E-state index in [1.54, 1.807) is 0 Å². The maximum absolute atomic E-state index is 9.18. The monoisotopic (exact) mass is 252 g/mol. The molecule has 0 saturated carbocycles. The van der Waals surface area contributed by atoms with Crippen molar-refractivity contribution in [3.8, 4) is 0 Å². The molecular formula is C12H25ClO3. The zero-order chi connectivity index (χ0) is 12.2. The first-order valence-corrected chi connectivity index (χ1v) is 6.67. The maximum atomic E-state index is 9.18. The van der Waals surface area contributed by atoms with Crippen LogP contribution in [0.25, 0.3) is 0 Å². The largest absolute Gasteiger partial charge is 0.389 e. The van der Waals surface area contributed by atoms with Crippen molar-refractivity contribution in [3.05, 3.63) is 0 Å². The van der Waals surface area contributed by atoms with Crippen LogP contribution in [0.3, 0.4) is 0 Å². The molecule has 0 amide bonds. The van der Waals surface area contributed by atoms with Crippen molar-refractivity contribution in [1.82, 2.24) is 0 Å². The van der Waals surface area contributed by atoms with Crippen LogP contribution in [0.5, 0.6) is 0 Å². The molecule has 98 valence electrons. The molecule has 0 bridgehead atoms. The molecule has 3 nitrogen and oxygen atoms in total. The van der Waals surface area contributed by atoms with Crippen molar-refractivity contribution in [2.24, 2.45) is 0 Å². The molecule has 0 aromatic heterocycles. The summed E-state index contributed by atoms with van der Waals surface area (Å²) in [6.07, 6.45) is 4.31. The molecule has 1 N–H and O–H groups in total. The van der Waals surface area contributed by atoms with Crippen molar-refractivity contribution in [3.63, 3.8) is 0 Å². The van der Waals surface area contributed by atoms with Crippen molar-refractivity contribution in [2.75, 3.05) is 25.7 Å². The Labute approximate surface area is 104 Å². The van der Waals surface area contributed by atoms with Crippen LogP contribution in [0, 0.1) is 0 Å². The highest BCUT2D eigenvalue weighted by atomic mass is 35.5. The third-order valence-corrected chi connectivity index (χ3v) is 2.60. The molecule has 0 aliphatic rings. The minimum absolute atomic E-state index is 0.0176. The minimum Gasteiger partial charge on any atom is -0.389 e. The molecule has 0 radical (unpaired) electrons. The van der Waals surface area contributed by atoms with Crippen LogP contribution in [0.4, 0.5) is 0 Å². The number of unbranched alkanes of at least 4 members (excludes halogenated alkanes) is 3. The van der Waals surface area contributed by atoms with E-state index in [0.717, 1.165) is 13.0 Å². The van der Waals surface area contributed by atoms with E-state index in [4.69, 9.17) is 21.1 Å². The van der Waals surface area contributed by atoms with Gasteiger partial charge in [-0.25, -0.2) is 0 Å². The van der Waals surface area contributed by atoms with E-state index >= 15 is 0 Å². The molecule has 0 aromatic carbocycles. The second-order valence-electron chi connectivity index (χ2n) is 4.09. The molecule has 0 spiro atoms. The van der Waals surface area contributed by atoms with Gasteiger partial charge >= 0.3 is 0 Å². The van der Waals surface area contributed by atoms with Gasteiger partial charge < -0.3 is 14.6 Å². The third-order valence-electron chi connectivity index (χ3n) is 2.25. The first kappa shape index (κ1) is 16.2. The van der Waals surface area contributed by atoms with E-state index in [1.165, 1.54) is 19.3 Å². The van der Waals surface area contributed by atoms with Gasteiger partial charge in [0.2, 0.25) is 0 Å². The number of aliphatic hydroxyl groups excluding tert-OH is 1. The topological polar surface area (TPSA) is 38.7 Å². The second kappa shape index (κ2) is 11.6. The number of rotatable bonds is 11. The molecule has 0 saturated heterocycles. The summed E-state index contributed by atoms with van der Waals surface area (Å²) in [5.41, 5.74) is 0. The highest BCUT2D eigenvalue weighted by molar-refractivity contribution is 6.18. The van der Waals surface area contributed by atoms with Gasteiger partial charge in [0, 0.05) is 6.61 Å². The summed E-state index contributed by atoms with van der Waals surface area (Å²) in [6.45, 7) is 5.79. The van der Waals surface area contributed by atoms with Gasteiger partial charge in [0.25, 0.3) is 0 Å². The van der Waals surface area contributed by atoms with Gasteiger partial charge in [-0.2, -0.15) is 0 Å². The van der Waals surface area contributed by atoms with E-state index in [-0.39, 0.29) is 18.6 Å². The highest BCUT2D eigenvalue weighted by Crippen LogP contribution is 2.00. The van der Waals surface area contributed by atoms with Crippen LogP contribution in [0.2, 0.25) is 0 Å². The second-order valence-corrected chi connectivity index (χ2v) is 4.40. The predicted octanol–water partition coefficient (Wildman–Crippen LogP) is 2.59. The zero-order valence-corrected chi connectivity index (χ0v) is 11.2. The third kappa shape index (κ3) is 10.7. The lowest BCUT2D eigenvalue weighted by atomic mass is 10.2. The first-order chi connectivity index (χ1) is 7.70. The average Bonchev–Trinajstić information content (AvgIpc) is 2.30. The molecule has 4 heteroatoms. The fourth-order valence-electron chi connectivity index (χ4n) is 1.25. The summed E-state index contributed by atoms with van der Waals surface area (Å²) in [7, 11) is 0. The van der Waals surface area contributed by atoms with E-state index in [0.29, 0.717) is 6.61 Å². The molecule has 0 heterocycles. The number of ether oxygens (including phenoxy) is 2. The van der Waals surface area contributed by atoms with Crippen molar-refractivity contribution in [1.29, 1.82) is 0 Å². The summed E-state index contributed by atoms with van der Waals surface area (Å²) in [5.74, 6) is 0.213. The fourth-order valence-corrected chi connectivity index (χ4v) is 1.34. The molecule has 0 rings (SSSR count). The lowest BCUT2D eigenvalue weighted by Gasteiger charge is -2.15. The first-order valence-electron chi connectivity index (χ1n) is 6.14. The van der Waals surface area contributed by atoms with Crippen LogP contribution in [0.15, 0.2) is 0 Å². The van der Waals surface area contributed by atoms with Gasteiger partial charge in [-0.05, 0) is 13.3 Å². The summed E-state index contributed by atoms with van der Waals surface area (Å²) in [6, 6.07) is 0. The number of halogens is 1. The van der Waals surface area contributed by atoms with Crippen molar-refractivity contribution >= 4 is 11.6 Å². The van der Waals surface area contributed by atoms with Gasteiger partial charge in [-0.15, -0.1) is 11.6 Å². The fraction of sp³-hybridized carbons (Fsp3) is 1.00. The highest BCUT2D eigenvalue weighted by Gasteiger charge is 2.06. The Kier molecular flexibility index (Phi) is 11.8. The number of alkyl halides is 1. The lowest BCUT2D eigenvalue weighted by molar-refractivity contribution is -0.0361. The SMILES string of the molecule is CCCCCCOCC(C)OCC(O)CCl. The van der Waals surface area contributed by atoms with Gasteiger partial charge in [-0.1, -0.05) is 26.2 Å². The Morgan fingerprint density at radius 1 is 1.19 bits per heavy atom. The van der Waals surface area contributed by atoms with Crippen molar-refractivity contribution < 1.29 is 14.6 Å². The number of hydrogen-bond donors (Lipinski definition) is 1. The molecule has 2 unspecified atom stereocenters. The van der Waals surface area contributed by atoms with Gasteiger partial charge in [0.15, 0.2) is 0 Å². The molecule has 0 aromatic rings. The average molecular weight is 253 g/mol. The minimum atomic E-state index is -0.575. The zero-order valence-electron chi connectivity index (χ0n) is 10.5. The molecule has 2 atom stereocenters. The van der Waals surface area contributed by atoms with Crippen LogP contribution in [0.1, 0.15) is 39.5 Å². The van der Waals surface area contributed by atoms with Crippen LogP contribution < -0.4 is 0 Å². The Hall–Kier alpha value is 0.170. The normalized spacial score (nSPS) is 15.0. The van der Waals surface area contributed by atoms with Crippen molar-refractivity contribution in [2.45, 2.75) is 51.7 Å². The van der Waals surface area contributed by atoms with Crippen LogP contribution in [-0.2, 0) is 9.47 Å². The van der Waals surface area contributed by atoms with Gasteiger partial charge in [0.05, 0.1) is 31.3 Å². The Morgan fingerprint density at radius 3 is 2.56 bits per heavy atom. The van der Waals surface area contributed by atoms with Crippen LogP contribution in [-0.4, -0.2) is 43.0 Å². The predicted molar refractivity (Wildman–Crippen MR) is 67.1 cm³/mol. The quantitative estimate of drug-likeness (QED) is 0.454. The van der Waals surface area contributed by atoms with Crippen LogP contribution >= 0.6 is 11.6 Å². The Morgan fingerprint density at radius 2 is 1.94 bits per heavy atom. The molecular weight excluding hydrogens is 228 g/mol. The van der Waals surface area contributed by atoms with E-state index < -0.39 is 6.10 Å². The number of hydrogen-bond acceptors (Lipinski definition) is 3. The van der Waals surface area contributed by atoms with Gasteiger partial charge in [-0.3, -0.25) is 0 Å². The summed E-state index contributed by atoms with van der Waals surface area (Å²) >= 11 is 5.45. The summed E-state index contributed by atoms with van der Waals surface area (Å²) in [4.78, 5) is 0. The summed E-state index contributed by atoms with van der Waals surface area (Å²) < 4.78 is 10.8. The maximum Gasteiger partial charge on any atom is 0.0908 e. The molecule has 0 aliphatic heterocycles. The summed E-state index contributed by atoms with van der Waals surface area (Å²) in [5, 5.41) is 9.18. The standard InChI is InChI=1S/C12H25ClO3/c1-3-4-5-6-7-15-9-11(2)16-10-12(14)8-13/h11-12,14H,3-10H2,1-2H3. The molecule has 16 heavy (non-hydrogen) atoms. The molecule has 0 fully saturated rings. The smallest absolute Gasteiger partial charge is 0.0908 e. The van der Waals surface area contributed by atoms with Gasteiger partial charge in [0.1, 0.15) is 0 Å². The lowest BCUT2D eigenvalue weighted by Crippen LogP contribution is -2.24. The molecule has 0 aliphatic carbocycles. The van der Waals surface area contributed by atoms with E-state index in [9.17, 15) is 5.11 Å². The Balaban J connectivity index is 3.20. The van der Waals surface area contributed by atoms with E-state index in [2.05, 4.69) is 6.92 Å². The number of aliphatic hydroxyl groups is 1. The Bertz CT molecular complexity index is 144.